The van der Waals surface area contributed by atoms with E-state index in [1.54, 1.807) is 13.2 Å². The average molecular weight is 530 g/mol. The molecule has 8 nitrogen and oxygen atoms in total. The van der Waals surface area contributed by atoms with E-state index in [2.05, 4.69) is 4.90 Å². The van der Waals surface area contributed by atoms with E-state index in [0.29, 0.717) is 23.7 Å². The number of nitrogens with two attached hydrogens (primary N) is 1. The van der Waals surface area contributed by atoms with Gasteiger partial charge in [-0.25, -0.2) is 4.39 Å². The van der Waals surface area contributed by atoms with Crippen LogP contribution in [0.15, 0.2) is 18.2 Å². The second kappa shape index (κ2) is 11.8. The fraction of sp³-hybridized carbons (Fsp3) is 0.690. The van der Waals surface area contributed by atoms with Crippen molar-refractivity contribution < 1.29 is 28.2 Å². The van der Waals surface area contributed by atoms with Crippen LogP contribution in [0.2, 0.25) is 0 Å². The molecule has 3 aliphatic heterocycles. The number of amides is 2. The number of hydrogen-bond donors (Lipinski definition) is 1. The van der Waals surface area contributed by atoms with Gasteiger partial charge >= 0.3 is 0 Å². The van der Waals surface area contributed by atoms with E-state index in [1.165, 1.54) is 4.90 Å². The van der Waals surface area contributed by atoms with Gasteiger partial charge in [-0.2, -0.15) is 0 Å². The van der Waals surface area contributed by atoms with Gasteiger partial charge in [-0.1, -0.05) is 31.4 Å². The Morgan fingerprint density at radius 1 is 1.16 bits per heavy atom. The van der Waals surface area contributed by atoms with Gasteiger partial charge in [0.1, 0.15) is 24.9 Å². The summed E-state index contributed by atoms with van der Waals surface area (Å²) in [7, 11) is 1.71. The summed E-state index contributed by atoms with van der Waals surface area (Å²) in [6, 6.07) is 4.86. The standard InChI is InChI=1S/C29H40FN3O5/c1-37-14-13-32-11-9-18(10-12-32)20-7-8-21(28(31)35)22(15-20)25(19-5-3-2-4-6-19)29(36)33-16-23(30)27-26(33)24(34)17-38-27/h7-8,15,18-19,23,25-27H,2-6,9-14,16-17H2,1H3,(H2,31,35)/t23-,25-,26+,27+/m0/s1. The van der Waals surface area contributed by atoms with Gasteiger partial charge in [-0.15, -0.1) is 0 Å². The highest BCUT2D eigenvalue weighted by Gasteiger charge is 2.54. The van der Waals surface area contributed by atoms with E-state index in [-0.39, 0.29) is 30.8 Å². The van der Waals surface area contributed by atoms with Gasteiger partial charge in [0, 0.05) is 19.2 Å². The molecule has 0 bridgehead atoms. The number of alkyl halides is 1. The molecule has 2 N–H and O–H groups in total. The number of primary amides is 1. The molecule has 5 rings (SSSR count). The van der Waals surface area contributed by atoms with E-state index in [1.807, 2.05) is 12.1 Å². The number of carbonyl (C=O) groups excluding carboxylic acids is 3. The molecule has 4 fully saturated rings. The molecular weight excluding hydrogens is 489 g/mol. The van der Waals surface area contributed by atoms with E-state index >= 15 is 0 Å². The summed E-state index contributed by atoms with van der Waals surface area (Å²) in [5.41, 5.74) is 7.93. The summed E-state index contributed by atoms with van der Waals surface area (Å²) < 4.78 is 25.5. The summed E-state index contributed by atoms with van der Waals surface area (Å²) in [4.78, 5) is 43.3. The van der Waals surface area contributed by atoms with Gasteiger partial charge in [0.25, 0.3) is 0 Å². The molecule has 0 spiro atoms. The minimum Gasteiger partial charge on any atom is -0.383 e. The van der Waals surface area contributed by atoms with Crippen LogP contribution in [0.3, 0.4) is 0 Å². The van der Waals surface area contributed by atoms with E-state index in [4.69, 9.17) is 15.2 Å². The number of benzene rings is 1. The Balaban J connectivity index is 1.47. The molecule has 3 heterocycles. The van der Waals surface area contributed by atoms with Crippen molar-refractivity contribution in [2.75, 3.05) is 46.5 Å². The molecule has 208 valence electrons. The van der Waals surface area contributed by atoms with Crippen molar-refractivity contribution in [3.05, 3.63) is 34.9 Å². The number of nitrogens with zero attached hydrogens (tertiary/aromatic N) is 2. The van der Waals surface area contributed by atoms with Gasteiger partial charge < -0.3 is 25.0 Å². The number of halogens is 1. The Bertz CT molecular complexity index is 1040. The monoisotopic (exact) mass is 529 g/mol. The summed E-state index contributed by atoms with van der Waals surface area (Å²) >= 11 is 0. The van der Waals surface area contributed by atoms with E-state index < -0.39 is 30.1 Å². The Hall–Kier alpha value is -2.36. The largest absolute Gasteiger partial charge is 0.383 e. The summed E-state index contributed by atoms with van der Waals surface area (Å²) in [6.07, 6.45) is 4.47. The molecule has 4 atom stereocenters. The Labute approximate surface area is 224 Å². The SMILES string of the molecule is COCCN1CCC(c2ccc(C(N)=O)c([C@@H](C(=O)N3C[C@H](F)[C@H]4OCC(=O)[C@H]43)C3CCCCC3)c2)CC1. The third-order valence-electron chi connectivity index (χ3n) is 9.14. The zero-order chi connectivity index (χ0) is 26.8. The molecule has 4 aliphatic rings. The van der Waals surface area contributed by atoms with Crippen LogP contribution in [0.4, 0.5) is 4.39 Å². The number of methoxy groups -OCH3 is 1. The van der Waals surface area contributed by atoms with Crippen LogP contribution in [0.1, 0.15) is 78.3 Å². The highest BCUT2D eigenvalue weighted by Crippen LogP contribution is 2.42. The maximum absolute atomic E-state index is 14.8. The van der Waals surface area contributed by atoms with Crippen LogP contribution in [0.5, 0.6) is 0 Å². The molecule has 1 aromatic carbocycles. The number of hydrogen-bond acceptors (Lipinski definition) is 6. The molecule has 0 aromatic heterocycles. The third kappa shape index (κ3) is 5.38. The van der Waals surface area contributed by atoms with Crippen LogP contribution in [0.25, 0.3) is 0 Å². The van der Waals surface area contributed by atoms with Crippen molar-refractivity contribution in [2.24, 2.45) is 11.7 Å². The quantitative estimate of drug-likeness (QED) is 0.556. The number of ketones is 1. The first-order valence-electron chi connectivity index (χ1n) is 14.1. The highest BCUT2D eigenvalue weighted by molar-refractivity contribution is 5.99. The molecule has 1 aliphatic carbocycles. The average Bonchev–Trinajstić information content (AvgIpc) is 3.48. The first kappa shape index (κ1) is 27.2. The minimum absolute atomic E-state index is 0.00928. The summed E-state index contributed by atoms with van der Waals surface area (Å²) in [5.74, 6) is -1.42. The maximum Gasteiger partial charge on any atom is 0.249 e. The van der Waals surface area contributed by atoms with E-state index in [0.717, 1.165) is 70.1 Å². The van der Waals surface area contributed by atoms with Crippen molar-refractivity contribution in [1.29, 1.82) is 0 Å². The smallest absolute Gasteiger partial charge is 0.249 e. The first-order valence-corrected chi connectivity index (χ1v) is 14.1. The molecule has 9 heteroatoms. The van der Waals surface area contributed by atoms with Crippen LogP contribution in [-0.2, 0) is 19.1 Å². The zero-order valence-electron chi connectivity index (χ0n) is 22.3. The van der Waals surface area contributed by atoms with Crippen molar-refractivity contribution in [1.82, 2.24) is 9.80 Å². The summed E-state index contributed by atoms with van der Waals surface area (Å²) in [6.45, 7) is 3.21. The Morgan fingerprint density at radius 2 is 1.89 bits per heavy atom. The predicted octanol–water partition coefficient (Wildman–Crippen LogP) is 2.79. The van der Waals surface area contributed by atoms with Crippen LogP contribution in [-0.4, -0.2) is 92.2 Å². The molecular formula is C29H40FN3O5. The Kier molecular flexibility index (Phi) is 8.45. The molecule has 0 unspecified atom stereocenters. The normalized spacial score (nSPS) is 28.0. The lowest BCUT2D eigenvalue weighted by Gasteiger charge is -2.36. The maximum atomic E-state index is 14.8. The van der Waals surface area contributed by atoms with E-state index in [9.17, 15) is 18.8 Å². The van der Waals surface area contributed by atoms with Crippen molar-refractivity contribution in [3.8, 4) is 0 Å². The molecule has 2 amide bonds. The molecule has 1 aromatic rings. The zero-order valence-corrected chi connectivity index (χ0v) is 22.3. The van der Waals surface area contributed by atoms with Gasteiger partial charge in [0.05, 0.1) is 19.1 Å². The lowest BCUT2D eigenvalue weighted by Crippen LogP contribution is -2.46. The highest BCUT2D eigenvalue weighted by atomic mass is 19.1. The molecule has 38 heavy (non-hydrogen) atoms. The van der Waals surface area contributed by atoms with Gasteiger partial charge in [0.2, 0.25) is 11.8 Å². The molecule has 0 radical (unpaired) electrons. The topological polar surface area (TPSA) is 102 Å². The van der Waals surface area contributed by atoms with Crippen molar-refractivity contribution >= 4 is 17.6 Å². The lowest BCUT2D eigenvalue weighted by molar-refractivity contribution is -0.139. The number of likely N-dealkylation sites (tertiary alicyclic amines) is 2. The lowest BCUT2D eigenvalue weighted by atomic mass is 9.73. The van der Waals surface area contributed by atoms with Gasteiger partial charge in [-0.3, -0.25) is 14.4 Å². The number of rotatable bonds is 8. The second-order valence-electron chi connectivity index (χ2n) is 11.4. The second-order valence-corrected chi connectivity index (χ2v) is 11.4. The number of ether oxygens (including phenoxy) is 2. The van der Waals surface area contributed by atoms with Crippen molar-refractivity contribution in [3.63, 3.8) is 0 Å². The fourth-order valence-electron chi connectivity index (χ4n) is 7.09. The fourth-order valence-corrected chi connectivity index (χ4v) is 7.09. The van der Waals surface area contributed by atoms with Gasteiger partial charge in [-0.05, 0) is 67.8 Å². The van der Waals surface area contributed by atoms with Crippen molar-refractivity contribution in [2.45, 2.75) is 75.1 Å². The first-order chi connectivity index (χ1) is 18.4. The molecule has 3 saturated heterocycles. The number of piperidine rings is 1. The van der Waals surface area contributed by atoms with Crippen LogP contribution in [0, 0.1) is 5.92 Å². The van der Waals surface area contributed by atoms with Crippen LogP contribution >= 0.6 is 0 Å². The Morgan fingerprint density at radius 3 is 2.58 bits per heavy atom. The molecule has 1 saturated carbocycles. The number of carbonyl (C=O) groups is 3. The third-order valence-corrected chi connectivity index (χ3v) is 9.14. The minimum atomic E-state index is -1.40. The van der Waals surface area contributed by atoms with Gasteiger partial charge in [0.15, 0.2) is 5.78 Å². The predicted molar refractivity (Wildman–Crippen MR) is 140 cm³/mol. The summed E-state index contributed by atoms with van der Waals surface area (Å²) in [5, 5.41) is 0. The number of fused-ring (bicyclic) bond motifs is 1. The number of Topliss-reactive ketones (excluding diaryl/α,β-unsaturated/α-hetero) is 1. The van der Waals surface area contributed by atoms with Crippen LogP contribution < -0.4 is 5.73 Å².